The molecule has 0 atom stereocenters. The molecule has 1 aromatic carbocycles. The summed E-state index contributed by atoms with van der Waals surface area (Å²) in [5.74, 6) is 0. The number of aldehydes is 1. The van der Waals surface area contributed by atoms with Gasteiger partial charge in [0, 0.05) is 18.8 Å². The summed E-state index contributed by atoms with van der Waals surface area (Å²) >= 11 is 6.86. The Hall–Kier alpha value is -1.83. The maximum absolute atomic E-state index is 10.7. The van der Waals surface area contributed by atoms with Gasteiger partial charge in [0.2, 0.25) is 5.13 Å². The summed E-state index contributed by atoms with van der Waals surface area (Å²) in [5.41, 5.74) is 1.68. The Labute approximate surface area is 137 Å². The third kappa shape index (κ3) is 4.09. The number of benzene rings is 1. The Bertz CT molecular complexity index is 657. The fraction of sp³-hybridized carbons (Fsp3) is 0.286. The molecule has 0 aliphatic rings. The number of thiazole rings is 1. The van der Waals surface area contributed by atoms with Crippen LogP contribution in [0.4, 0.5) is 16.5 Å². The van der Waals surface area contributed by atoms with Gasteiger partial charge in [-0.25, -0.2) is 4.98 Å². The van der Waals surface area contributed by atoms with E-state index in [2.05, 4.69) is 20.1 Å². The molecular weight excluding hydrogens is 324 g/mol. The second-order valence-electron chi connectivity index (χ2n) is 4.29. The molecule has 0 bridgehead atoms. The minimum atomic E-state index is 0.110. The lowest BCUT2D eigenvalue weighted by molar-refractivity contribution is 0.112. The lowest BCUT2D eigenvalue weighted by Gasteiger charge is -2.21. The SMILES string of the molecule is CCN(CCO)c1ccc(/N=N/c2nc(Cl)c(C=O)s2)cc1. The molecule has 1 aromatic heterocycles. The first-order chi connectivity index (χ1) is 10.7. The lowest BCUT2D eigenvalue weighted by atomic mass is 10.2. The zero-order chi connectivity index (χ0) is 15.9. The summed E-state index contributed by atoms with van der Waals surface area (Å²) < 4.78 is 0. The van der Waals surface area contributed by atoms with Gasteiger partial charge in [0.15, 0.2) is 11.4 Å². The number of carbonyl (C=O) groups excluding carboxylic acids is 1. The van der Waals surface area contributed by atoms with Crippen molar-refractivity contribution in [2.45, 2.75) is 6.92 Å². The van der Waals surface area contributed by atoms with Crippen LogP contribution in [0.25, 0.3) is 0 Å². The van der Waals surface area contributed by atoms with Crippen molar-refractivity contribution < 1.29 is 9.90 Å². The summed E-state index contributed by atoms with van der Waals surface area (Å²) in [4.78, 5) is 17.0. The molecule has 1 N–H and O–H groups in total. The van der Waals surface area contributed by atoms with E-state index in [0.717, 1.165) is 23.6 Å². The summed E-state index contributed by atoms with van der Waals surface area (Å²) in [6, 6.07) is 7.49. The van der Waals surface area contributed by atoms with E-state index in [4.69, 9.17) is 16.7 Å². The molecule has 2 rings (SSSR count). The zero-order valence-corrected chi connectivity index (χ0v) is 13.5. The monoisotopic (exact) mass is 338 g/mol. The van der Waals surface area contributed by atoms with Crippen LogP contribution in [0.5, 0.6) is 0 Å². The highest BCUT2D eigenvalue weighted by molar-refractivity contribution is 7.17. The molecular formula is C14H15ClN4O2S. The highest BCUT2D eigenvalue weighted by Crippen LogP contribution is 2.29. The zero-order valence-electron chi connectivity index (χ0n) is 11.9. The first kappa shape index (κ1) is 16.5. The Balaban J connectivity index is 2.09. The van der Waals surface area contributed by atoms with Gasteiger partial charge in [-0.05, 0) is 31.2 Å². The molecule has 0 saturated heterocycles. The van der Waals surface area contributed by atoms with Crippen LogP contribution in [0.2, 0.25) is 5.15 Å². The molecule has 0 unspecified atom stereocenters. The van der Waals surface area contributed by atoms with Crippen molar-refractivity contribution in [1.82, 2.24) is 4.98 Å². The Morgan fingerprint density at radius 3 is 2.64 bits per heavy atom. The second-order valence-corrected chi connectivity index (χ2v) is 5.66. The summed E-state index contributed by atoms with van der Waals surface area (Å²) in [6.07, 6.45) is 0.647. The number of hydrogen-bond donors (Lipinski definition) is 1. The van der Waals surface area contributed by atoms with Gasteiger partial charge < -0.3 is 10.0 Å². The number of aromatic nitrogens is 1. The molecule has 0 aliphatic carbocycles. The summed E-state index contributed by atoms with van der Waals surface area (Å²) in [7, 11) is 0. The third-order valence-corrected chi connectivity index (χ3v) is 4.19. The van der Waals surface area contributed by atoms with Gasteiger partial charge >= 0.3 is 0 Å². The van der Waals surface area contributed by atoms with E-state index in [0.29, 0.717) is 28.5 Å². The molecule has 116 valence electrons. The number of aliphatic hydroxyl groups is 1. The number of nitrogens with zero attached hydrogens (tertiary/aromatic N) is 4. The van der Waals surface area contributed by atoms with Crippen molar-refractivity contribution in [3.63, 3.8) is 0 Å². The lowest BCUT2D eigenvalue weighted by Crippen LogP contribution is -2.25. The minimum absolute atomic E-state index is 0.110. The summed E-state index contributed by atoms with van der Waals surface area (Å²) in [6.45, 7) is 3.54. The van der Waals surface area contributed by atoms with E-state index in [-0.39, 0.29) is 11.8 Å². The van der Waals surface area contributed by atoms with Crippen LogP contribution in [0.1, 0.15) is 16.6 Å². The number of halogens is 1. The number of likely N-dealkylation sites (N-methyl/N-ethyl adjacent to an activating group) is 1. The maximum Gasteiger partial charge on any atom is 0.232 e. The van der Waals surface area contributed by atoms with Gasteiger partial charge in [-0.3, -0.25) is 4.79 Å². The number of aliphatic hydroxyl groups excluding tert-OH is 1. The molecule has 0 aliphatic heterocycles. The number of rotatable bonds is 7. The smallest absolute Gasteiger partial charge is 0.232 e. The van der Waals surface area contributed by atoms with Gasteiger partial charge in [0.25, 0.3) is 0 Å². The molecule has 0 spiro atoms. The van der Waals surface area contributed by atoms with E-state index >= 15 is 0 Å². The van der Waals surface area contributed by atoms with Gasteiger partial charge in [-0.2, -0.15) is 0 Å². The van der Waals surface area contributed by atoms with Gasteiger partial charge in [0.05, 0.1) is 12.3 Å². The first-order valence-corrected chi connectivity index (χ1v) is 7.86. The van der Waals surface area contributed by atoms with Crippen LogP contribution in [0.15, 0.2) is 34.5 Å². The molecule has 0 fully saturated rings. The molecule has 0 radical (unpaired) electrons. The van der Waals surface area contributed by atoms with Crippen LogP contribution in [0, 0.1) is 0 Å². The molecule has 2 aromatic rings. The van der Waals surface area contributed by atoms with Gasteiger partial charge in [-0.15, -0.1) is 10.2 Å². The minimum Gasteiger partial charge on any atom is -0.395 e. The standard InChI is InChI=1S/C14H15ClN4O2S/c1-2-19(7-8-20)11-5-3-10(4-6-11)17-18-14-16-13(15)12(9-21)22-14/h3-6,9,20H,2,7-8H2,1H3/b18-17+. The average Bonchev–Trinajstić information content (AvgIpc) is 2.91. The second kappa shape index (κ2) is 7.98. The van der Waals surface area contributed by atoms with Crippen molar-refractivity contribution in [2.75, 3.05) is 24.6 Å². The highest BCUT2D eigenvalue weighted by Gasteiger charge is 2.07. The van der Waals surface area contributed by atoms with Gasteiger partial charge in [0.1, 0.15) is 4.88 Å². The van der Waals surface area contributed by atoms with E-state index in [1.165, 1.54) is 0 Å². The largest absolute Gasteiger partial charge is 0.395 e. The van der Waals surface area contributed by atoms with Crippen molar-refractivity contribution in [1.29, 1.82) is 0 Å². The van der Waals surface area contributed by atoms with E-state index in [1.807, 2.05) is 31.2 Å². The van der Waals surface area contributed by atoms with Crippen molar-refractivity contribution in [3.8, 4) is 0 Å². The maximum atomic E-state index is 10.7. The van der Waals surface area contributed by atoms with Crippen LogP contribution >= 0.6 is 22.9 Å². The average molecular weight is 339 g/mol. The van der Waals surface area contributed by atoms with Crippen LogP contribution in [-0.2, 0) is 0 Å². The fourth-order valence-electron chi connectivity index (χ4n) is 1.84. The normalized spacial score (nSPS) is 11.0. The van der Waals surface area contributed by atoms with Crippen LogP contribution in [-0.4, -0.2) is 36.1 Å². The molecule has 0 saturated carbocycles. The predicted molar refractivity (Wildman–Crippen MR) is 88.1 cm³/mol. The number of hydrogen-bond acceptors (Lipinski definition) is 7. The van der Waals surface area contributed by atoms with Crippen LogP contribution < -0.4 is 4.90 Å². The molecule has 22 heavy (non-hydrogen) atoms. The predicted octanol–water partition coefficient (Wildman–Crippen LogP) is 3.84. The quantitative estimate of drug-likeness (QED) is 0.614. The Morgan fingerprint density at radius 2 is 2.09 bits per heavy atom. The third-order valence-electron chi connectivity index (χ3n) is 2.92. The van der Waals surface area contributed by atoms with E-state index in [9.17, 15) is 4.79 Å². The number of anilines is 1. The fourth-order valence-corrected chi connectivity index (χ4v) is 2.72. The van der Waals surface area contributed by atoms with Crippen molar-refractivity contribution in [2.24, 2.45) is 10.2 Å². The summed E-state index contributed by atoms with van der Waals surface area (Å²) in [5, 5.41) is 17.5. The Kier molecular flexibility index (Phi) is 6.00. The highest BCUT2D eigenvalue weighted by atomic mass is 35.5. The molecule has 1 heterocycles. The van der Waals surface area contributed by atoms with E-state index < -0.39 is 0 Å². The number of azo groups is 1. The van der Waals surface area contributed by atoms with Crippen molar-refractivity contribution in [3.05, 3.63) is 34.3 Å². The van der Waals surface area contributed by atoms with Crippen molar-refractivity contribution >= 4 is 45.7 Å². The van der Waals surface area contributed by atoms with Gasteiger partial charge in [-0.1, -0.05) is 22.9 Å². The molecule has 8 heteroatoms. The van der Waals surface area contributed by atoms with E-state index in [1.54, 1.807) is 0 Å². The topological polar surface area (TPSA) is 78.2 Å². The number of carbonyl (C=O) groups is 1. The van der Waals surface area contributed by atoms with Crippen LogP contribution in [0.3, 0.4) is 0 Å². The Morgan fingerprint density at radius 1 is 1.36 bits per heavy atom. The first-order valence-electron chi connectivity index (χ1n) is 6.67. The molecule has 6 nitrogen and oxygen atoms in total. The molecule has 0 amide bonds.